The molecule has 0 saturated heterocycles. The van der Waals surface area contributed by atoms with Crippen molar-refractivity contribution in [3.05, 3.63) is 27.3 Å². The lowest BCUT2D eigenvalue weighted by atomic mass is 9.89. The van der Waals surface area contributed by atoms with Crippen molar-refractivity contribution in [3.63, 3.8) is 0 Å². The number of ether oxygens (including phenoxy) is 1. The number of aryl methyl sites for hydroxylation is 1. The maximum atomic E-state index is 11.9. The molecule has 0 radical (unpaired) electrons. The number of halogens is 1. The molecule has 1 aliphatic carbocycles. The van der Waals surface area contributed by atoms with E-state index in [1.165, 1.54) is 6.42 Å². The van der Waals surface area contributed by atoms with Gasteiger partial charge in [0, 0.05) is 9.26 Å². The predicted octanol–water partition coefficient (Wildman–Crippen LogP) is 3.66. The SMILES string of the molecule is Cc1cc(I)ccc1NC(=O)COC(=O)C1CCCCC1. The van der Waals surface area contributed by atoms with Gasteiger partial charge in [-0.1, -0.05) is 19.3 Å². The van der Waals surface area contributed by atoms with E-state index in [1.54, 1.807) is 0 Å². The molecule has 0 atom stereocenters. The van der Waals surface area contributed by atoms with Crippen LogP contribution in [-0.4, -0.2) is 18.5 Å². The van der Waals surface area contributed by atoms with Crippen molar-refractivity contribution in [2.75, 3.05) is 11.9 Å². The van der Waals surface area contributed by atoms with Crippen molar-refractivity contribution >= 4 is 40.2 Å². The highest BCUT2D eigenvalue weighted by Gasteiger charge is 2.23. The number of anilines is 1. The molecule has 0 heterocycles. The fourth-order valence-corrected chi connectivity index (χ4v) is 3.19. The first kappa shape index (κ1) is 16.3. The second kappa shape index (κ2) is 7.77. The summed E-state index contributed by atoms with van der Waals surface area (Å²) in [5, 5.41) is 2.78. The lowest BCUT2D eigenvalue weighted by Crippen LogP contribution is -2.26. The summed E-state index contributed by atoms with van der Waals surface area (Å²) in [6, 6.07) is 5.78. The maximum absolute atomic E-state index is 11.9. The van der Waals surface area contributed by atoms with Crippen molar-refractivity contribution in [2.24, 2.45) is 5.92 Å². The van der Waals surface area contributed by atoms with Crippen molar-refractivity contribution in [1.82, 2.24) is 0 Å². The average molecular weight is 401 g/mol. The van der Waals surface area contributed by atoms with E-state index in [-0.39, 0.29) is 24.4 Å². The minimum atomic E-state index is -0.288. The van der Waals surface area contributed by atoms with Gasteiger partial charge in [0.1, 0.15) is 0 Å². The van der Waals surface area contributed by atoms with E-state index in [0.29, 0.717) is 0 Å². The van der Waals surface area contributed by atoms with E-state index < -0.39 is 0 Å². The number of hydrogen-bond donors (Lipinski definition) is 1. The molecule has 1 N–H and O–H groups in total. The van der Waals surface area contributed by atoms with E-state index in [1.807, 2.05) is 25.1 Å². The van der Waals surface area contributed by atoms with Gasteiger partial charge in [0.05, 0.1) is 5.92 Å². The van der Waals surface area contributed by atoms with Crippen LogP contribution in [0.1, 0.15) is 37.7 Å². The van der Waals surface area contributed by atoms with Crippen LogP contribution in [0.2, 0.25) is 0 Å². The molecule has 1 fully saturated rings. The molecule has 4 nitrogen and oxygen atoms in total. The highest BCUT2D eigenvalue weighted by molar-refractivity contribution is 14.1. The standard InChI is InChI=1S/C16H20INO3/c1-11-9-13(17)7-8-14(11)18-15(19)10-21-16(20)12-5-3-2-4-6-12/h7-9,12H,2-6,10H2,1H3,(H,18,19). The zero-order valence-corrected chi connectivity index (χ0v) is 14.3. The molecule has 1 aromatic carbocycles. The number of carbonyl (C=O) groups excluding carboxylic acids is 2. The molecule has 2 rings (SSSR count). The first-order valence-corrected chi connectivity index (χ1v) is 8.37. The van der Waals surface area contributed by atoms with Crippen LogP contribution in [0, 0.1) is 16.4 Å². The summed E-state index contributed by atoms with van der Waals surface area (Å²) in [6.07, 6.45) is 5.12. The van der Waals surface area contributed by atoms with Gasteiger partial charge < -0.3 is 10.1 Å². The van der Waals surface area contributed by atoms with E-state index in [4.69, 9.17) is 4.74 Å². The van der Waals surface area contributed by atoms with Gasteiger partial charge in [0.15, 0.2) is 6.61 Å². The Bertz CT molecular complexity index is 524. The molecule has 5 heteroatoms. The predicted molar refractivity (Wildman–Crippen MR) is 90.1 cm³/mol. The molecule has 1 aliphatic rings. The Labute approximate surface area is 138 Å². The van der Waals surface area contributed by atoms with E-state index in [0.717, 1.165) is 40.5 Å². The third kappa shape index (κ3) is 4.98. The Morgan fingerprint density at radius 1 is 1.29 bits per heavy atom. The number of amides is 1. The summed E-state index contributed by atoms with van der Waals surface area (Å²) < 4.78 is 6.24. The van der Waals surface area contributed by atoms with Crippen molar-refractivity contribution in [2.45, 2.75) is 39.0 Å². The average Bonchev–Trinajstić information content (AvgIpc) is 2.48. The third-order valence-corrected chi connectivity index (χ3v) is 4.42. The molecule has 114 valence electrons. The summed E-state index contributed by atoms with van der Waals surface area (Å²) in [7, 11) is 0. The second-order valence-corrected chi connectivity index (χ2v) is 6.70. The summed E-state index contributed by atoms with van der Waals surface area (Å²) in [5.41, 5.74) is 1.75. The molecule has 0 aliphatic heterocycles. The molecular formula is C16H20INO3. The van der Waals surface area contributed by atoms with Gasteiger partial charge in [0.2, 0.25) is 0 Å². The fraction of sp³-hybridized carbons (Fsp3) is 0.500. The Morgan fingerprint density at radius 3 is 2.67 bits per heavy atom. The summed E-state index contributed by atoms with van der Waals surface area (Å²) in [6.45, 7) is 1.73. The normalized spacial score (nSPS) is 15.5. The monoisotopic (exact) mass is 401 g/mol. The van der Waals surface area contributed by atoms with Gasteiger partial charge in [0.25, 0.3) is 5.91 Å². The Kier molecular flexibility index (Phi) is 6.02. The quantitative estimate of drug-likeness (QED) is 0.619. The minimum absolute atomic E-state index is 0.0217. The number of esters is 1. The minimum Gasteiger partial charge on any atom is -0.455 e. The highest BCUT2D eigenvalue weighted by Crippen LogP contribution is 2.24. The van der Waals surface area contributed by atoms with Gasteiger partial charge in [-0.2, -0.15) is 0 Å². The first-order chi connectivity index (χ1) is 10.1. The van der Waals surface area contributed by atoms with Gasteiger partial charge in [-0.3, -0.25) is 9.59 Å². The van der Waals surface area contributed by atoms with Crippen LogP contribution >= 0.6 is 22.6 Å². The smallest absolute Gasteiger partial charge is 0.309 e. The molecule has 0 spiro atoms. The Hall–Kier alpha value is -1.11. The van der Waals surface area contributed by atoms with E-state index in [2.05, 4.69) is 27.9 Å². The molecule has 0 aromatic heterocycles. The van der Waals surface area contributed by atoms with Crippen LogP contribution in [0.25, 0.3) is 0 Å². The topological polar surface area (TPSA) is 55.4 Å². The highest BCUT2D eigenvalue weighted by atomic mass is 127. The van der Waals surface area contributed by atoms with Crippen LogP contribution in [0.4, 0.5) is 5.69 Å². The summed E-state index contributed by atoms with van der Waals surface area (Å²) in [4.78, 5) is 23.7. The fourth-order valence-electron chi connectivity index (χ4n) is 2.55. The van der Waals surface area contributed by atoms with Crippen LogP contribution in [-0.2, 0) is 14.3 Å². The summed E-state index contributed by atoms with van der Waals surface area (Å²) in [5.74, 6) is -0.542. The summed E-state index contributed by atoms with van der Waals surface area (Å²) >= 11 is 2.22. The zero-order chi connectivity index (χ0) is 15.2. The van der Waals surface area contributed by atoms with Crippen LogP contribution < -0.4 is 5.32 Å². The van der Waals surface area contributed by atoms with Gasteiger partial charge in [-0.25, -0.2) is 0 Å². The second-order valence-electron chi connectivity index (χ2n) is 5.45. The lowest BCUT2D eigenvalue weighted by molar-refractivity contribution is -0.152. The van der Waals surface area contributed by atoms with Crippen LogP contribution in [0.15, 0.2) is 18.2 Å². The molecule has 0 bridgehead atoms. The molecule has 21 heavy (non-hydrogen) atoms. The van der Waals surface area contributed by atoms with Gasteiger partial charge in [-0.15, -0.1) is 0 Å². The van der Waals surface area contributed by atoms with E-state index >= 15 is 0 Å². The van der Waals surface area contributed by atoms with Crippen molar-refractivity contribution in [3.8, 4) is 0 Å². The number of benzene rings is 1. The van der Waals surface area contributed by atoms with Crippen LogP contribution in [0.3, 0.4) is 0 Å². The third-order valence-electron chi connectivity index (χ3n) is 3.75. The first-order valence-electron chi connectivity index (χ1n) is 7.29. The Morgan fingerprint density at radius 2 is 2.00 bits per heavy atom. The Balaban J connectivity index is 1.80. The molecule has 0 unspecified atom stereocenters. The van der Waals surface area contributed by atoms with Crippen molar-refractivity contribution < 1.29 is 14.3 Å². The van der Waals surface area contributed by atoms with Gasteiger partial charge >= 0.3 is 5.97 Å². The number of rotatable bonds is 4. The molecule has 1 saturated carbocycles. The molecular weight excluding hydrogens is 381 g/mol. The number of carbonyl (C=O) groups is 2. The lowest BCUT2D eigenvalue weighted by Gasteiger charge is -2.19. The maximum Gasteiger partial charge on any atom is 0.309 e. The number of nitrogens with one attached hydrogen (secondary N) is 1. The largest absolute Gasteiger partial charge is 0.455 e. The number of hydrogen-bond acceptors (Lipinski definition) is 3. The zero-order valence-electron chi connectivity index (χ0n) is 12.2. The molecule has 1 aromatic rings. The van der Waals surface area contributed by atoms with E-state index in [9.17, 15) is 9.59 Å². The molecule has 1 amide bonds. The van der Waals surface area contributed by atoms with Crippen molar-refractivity contribution in [1.29, 1.82) is 0 Å². The van der Waals surface area contributed by atoms with Crippen LogP contribution in [0.5, 0.6) is 0 Å². The van der Waals surface area contributed by atoms with Gasteiger partial charge in [-0.05, 0) is 66.1 Å².